The molecule has 0 radical (unpaired) electrons. The van der Waals surface area contributed by atoms with Crippen molar-refractivity contribution in [1.82, 2.24) is 5.32 Å². The molecular weight excluding hydrogens is 384 g/mol. The van der Waals surface area contributed by atoms with Crippen molar-refractivity contribution in [3.63, 3.8) is 0 Å². The number of thiocarbonyl (C=S) groups is 1. The third kappa shape index (κ3) is 4.07. The van der Waals surface area contributed by atoms with Crippen molar-refractivity contribution < 1.29 is 14.3 Å². The van der Waals surface area contributed by atoms with Crippen LogP contribution in [0.3, 0.4) is 0 Å². The molecule has 1 amide bonds. The lowest BCUT2D eigenvalue weighted by Gasteiger charge is -2.15. The van der Waals surface area contributed by atoms with E-state index >= 15 is 0 Å². The Bertz CT molecular complexity index is 914. The van der Waals surface area contributed by atoms with Gasteiger partial charge in [0.25, 0.3) is 5.91 Å². The Morgan fingerprint density at radius 3 is 2.70 bits per heavy atom. The van der Waals surface area contributed by atoms with Crippen molar-refractivity contribution in [3.05, 3.63) is 58.7 Å². The second-order valence-corrected chi connectivity index (χ2v) is 6.63. The van der Waals surface area contributed by atoms with E-state index in [1.165, 1.54) is 4.90 Å². The van der Waals surface area contributed by atoms with Crippen LogP contribution in [0.5, 0.6) is 11.5 Å². The number of benzene rings is 2. The summed E-state index contributed by atoms with van der Waals surface area (Å²) in [5.74, 6) is 1.01. The van der Waals surface area contributed by atoms with Crippen LogP contribution in [-0.4, -0.2) is 24.7 Å². The first-order chi connectivity index (χ1) is 13.0. The number of methoxy groups -OCH3 is 1. The second-order valence-electron chi connectivity index (χ2n) is 5.84. The minimum Gasteiger partial charge on any atom is -0.493 e. The summed E-state index contributed by atoms with van der Waals surface area (Å²) < 4.78 is 11.0. The highest BCUT2D eigenvalue weighted by molar-refractivity contribution is 7.80. The molecule has 5 nitrogen and oxygen atoms in total. The predicted molar refractivity (Wildman–Crippen MR) is 111 cm³/mol. The van der Waals surface area contributed by atoms with Gasteiger partial charge >= 0.3 is 0 Å². The van der Waals surface area contributed by atoms with E-state index in [-0.39, 0.29) is 11.0 Å². The molecule has 1 fully saturated rings. The zero-order valence-electron chi connectivity index (χ0n) is 15.0. The third-order valence-corrected chi connectivity index (χ3v) is 4.54. The summed E-state index contributed by atoms with van der Waals surface area (Å²) in [6.45, 7) is 2.61. The Hall–Kier alpha value is -2.57. The molecule has 2 aromatic rings. The van der Waals surface area contributed by atoms with E-state index in [4.69, 9.17) is 33.3 Å². The van der Waals surface area contributed by atoms with E-state index in [2.05, 4.69) is 5.32 Å². The van der Waals surface area contributed by atoms with E-state index in [1.807, 2.05) is 19.1 Å². The molecule has 0 atom stereocenters. The van der Waals surface area contributed by atoms with Gasteiger partial charge in [-0.25, -0.2) is 0 Å². The van der Waals surface area contributed by atoms with Crippen molar-refractivity contribution in [2.45, 2.75) is 13.3 Å². The van der Waals surface area contributed by atoms with Crippen LogP contribution >= 0.6 is 23.8 Å². The number of carbonyl (C=O) groups is 1. The molecule has 0 unspecified atom stereocenters. The molecule has 0 spiro atoms. The molecular formula is C20H19ClN2O3S. The highest BCUT2D eigenvalue weighted by Crippen LogP contribution is 2.31. The van der Waals surface area contributed by atoms with Gasteiger partial charge in [-0.15, -0.1) is 0 Å². The number of para-hydroxylation sites is 1. The molecule has 1 aliphatic rings. The second kappa shape index (κ2) is 8.41. The summed E-state index contributed by atoms with van der Waals surface area (Å²) in [6.07, 6.45) is 2.61. The van der Waals surface area contributed by atoms with Gasteiger partial charge in [-0.2, -0.15) is 0 Å². The third-order valence-electron chi connectivity index (χ3n) is 3.93. The maximum Gasteiger partial charge on any atom is 0.281 e. The summed E-state index contributed by atoms with van der Waals surface area (Å²) in [5.41, 5.74) is 1.71. The van der Waals surface area contributed by atoms with Crippen molar-refractivity contribution in [1.29, 1.82) is 0 Å². The molecule has 0 aliphatic carbocycles. The van der Waals surface area contributed by atoms with Crippen molar-refractivity contribution in [2.75, 3.05) is 18.6 Å². The van der Waals surface area contributed by atoms with Crippen LogP contribution in [0.2, 0.25) is 5.02 Å². The fourth-order valence-electron chi connectivity index (χ4n) is 2.66. The van der Waals surface area contributed by atoms with Gasteiger partial charge in [0.15, 0.2) is 16.6 Å². The van der Waals surface area contributed by atoms with Crippen LogP contribution in [0.1, 0.15) is 18.9 Å². The average Bonchev–Trinajstić information content (AvgIpc) is 2.94. The normalized spacial score (nSPS) is 15.2. The number of ether oxygens (including phenoxy) is 2. The lowest BCUT2D eigenvalue weighted by atomic mass is 10.1. The fraction of sp³-hybridized carbons (Fsp3) is 0.200. The first kappa shape index (κ1) is 19.2. The quantitative estimate of drug-likeness (QED) is 0.573. The van der Waals surface area contributed by atoms with Gasteiger partial charge in [-0.3, -0.25) is 9.69 Å². The van der Waals surface area contributed by atoms with Crippen LogP contribution in [0.4, 0.5) is 5.69 Å². The summed E-state index contributed by atoms with van der Waals surface area (Å²) in [7, 11) is 1.59. The average molecular weight is 403 g/mol. The summed E-state index contributed by atoms with van der Waals surface area (Å²) in [6, 6.07) is 12.6. The number of carbonyl (C=O) groups excluding carboxylic acids is 1. The van der Waals surface area contributed by atoms with Crippen LogP contribution in [-0.2, 0) is 4.79 Å². The van der Waals surface area contributed by atoms with E-state index in [1.54, 1.807) is 43.5 Å². The summed E-state index contributed by atoms with van der Waals surface area (Å²) >= 11 is 11.5. The summed E-state index contributed by atoms with van der Waals surface area (Å²) in [4.78, 5) is 14.2. The zero-order chi connectivity index (χ0) is 19.4. The minimum atomic E-state index is -0.264. The van der Waals surface area contributed by atoms with Crippen molar-refractivity contribution >= 4 is 46.6 Å². The number of halogens is 1. The van der Waals surface area contributed by atoms with E-state index < -0.39 is 0 Å². The SMILES string of the molecule is CCCOc1cc(/C=C2\NC(=S)N(c3ccccc3Cl)C2=O)ccc1OC. The van der Waals surface area contributed by atoms with Gasteiger partial charge in [0.1, 0.15) is 5.70 Å². The number of hydrogen-bond donors (Lipinski definition) is 1. The first-order valence-corrected chi connectivity index (χ1v) is 9.26. The largest absolute Gasteiger partial charge is 0.493 e. The maximum atomic E-state index is 12.8. The fourth-order valence-corrected chi connectivity index (χ4v) is 3.17. The van der Waals surface area contributed by atoms with Gasteiger partial charge in [0.05, 0.1) is 24.4 Å². The van der Waals surface area contributed by atoms with Crippen LogP contribution in [0.15, 0.2) is 48.2 Å². The summed E-state index contributed by atoms with van der Waals surface area (Å²) in [5, 5.41) is 3.70. The van der Waals surface area contributed by atoms with Crippen LogP contribution in [0, 0.1) is 0 Å². The Morgan fingerprint density at radius 1 is 1.22 bits per heavy atom. The van der Waals surface area contributed by atoms with Gasteiger partial charge in [-0.1, -0.05) is 36.7 Å². The van der Waals surface area contributed by atoms with E-state index in [0.717, 1.165) is 12.0 Å². The van der Waals surface area contributed by atoms with Gasteiger partial charge in [-0.05, 0) is 54.5 Å². The molecule has 27 heavy (non-hydrogen) atoms. The monoisotopic (exact) mass is 402 g/mol. The Morgan fingerprint density at radius 2 is 2.00 bits per heavy atom. The number of rotatable bonds is 6. The topological polar surface area (TPSA) is 50.8 Å². The number of hydrogen-bond acceptors (Lipinski definition) is 4. The lowest BCUT2D eigenvalue weighted by molar-refractivity contribution is -0.113. The minimum absolute atomic E-state index is 0.264. The molecule has 2 aromatic carbocycles. The molecule has 140 valence electrons. The van der Waals surface area contributed by atoms with Crippen molar-refractivity contribution in [3.8, 4) is 11.5 Å². The standard InChI is InChI=1S/C20H19ClN2O3S/c1-3-10-26-18-12-13(8-9-17(18)25-2)11-15-19(24)23(20(27)22-15)16-7-5-4-6-14(16)21/h4-9,11-12H,3,10H2,1-2H3,(H,22,27)/b15-11-. The highest BCUT2D eigenvalue weighted by Gasteiger charge is 2.33. The Labute approximate surface area is 168 Å². The molecule has 1 aliphatic heterocycles. The highest BCUT2D eigenvalue weighted by atomic mass is 35.5. The van der Waals surface area contributed by atoms with Gasteiger partial charge in [0.2, 0.25) is 0 Å². The van der Waals surface area contributed by atoms with E-state index in [0.29, 0.717) is 34.5 Å². The van der Waals surface area contributed by atoms with E-state index in [9.17, 15) is 4.79 Å². The Balaban J connectivity index is 1.91. The lowest BCUT2D eigenvalue weighted by Crippen LogP contribution is -2.30. The maximum absolute atomic E-state index is 12.8. The molecule has 0 aromatic heterocycles. The van der Waals surface area contributed by atoms with Gasteiger partial charge < -0.3 is 14.8 Å². The number of amides is 1. The number of nitrogens with one attached hydrogen (secondary N) is 1. The smallest absolute Gasteiger partial charge is 0.281 e. The number of anilines is 1. The molecule has 1 N–H and O–H groups in total. The molecule has 1 heterocycles. The molecule has 0 bridgehead atoms. The molecule has 3 rings (SSSR count). The predicted octanol–water partition coefficient (Wildman–Crippen LogP) is 4.40. The van der Waals surface area contributed by atoms with Gasteiger partial charge in [0, 0.05) is 0 Å². The van der Waals surface area contributed by atoms with Crippen LogP contribution in [0.25, 0.3) is 6.08 Å². The molecule has 0 saturated carbocycles. The van der Waals surface area contributed by atoms with Crippen LogP contribution < -0.4 is 19.7 Å². The molecule has 1 saturated heterocycles. The Kier molecular flexibility index (Phi) is 5.98. The number of nitrogens with zero attached hydrogens (tertiary/aromatic N) is 1. The first-order valence-electron chi connectivity index (χ1n) is 8.47. The zero-order valence-corrected chi connectivity index (χ0v) is 16.6. The van der Waals surface area contributed by atoms with Crippen molar-refractivity contribution in [2.24, 2.45) is 0 Å². The molecule has 7 heteroatoms.